The van der Waals surface area contributed by atoms with Gasteiger partial charge in [0.1, 0.15) is 0 Å². The first-order chi connectivity index (χ1) is 8.15. The van der Waals surface area contributed by atoms with Crippen molar-refractivity contribution in [2.75, 3.05) is 10.5 Å². The number of rotatable bonds is 3. The number of hydrogen-bond donors (Lipinski definition) is 1. The molecule has 0 aliphatic rings. The van der Waals surface area contributed by atoms with E-state index in [0.717, 1.165) is 12.1 Å². The van der Waals surface area contributed by atoms with E-state index in [4.69, 9.17) is 5.26 Å². The van der Waals surface area contributed by atoms with Crippen LogP contribution < -0.4 is 4.72 Å². The number of anilines is 1. The van der Waals surface area contributed by atoms with Crippen molar-refractivity contribution in [2.24, 2.45) is 0 Å². The first-order valence-corrected chi connectivity index (χ1v) is 6.36. The first-order valence-electron chi connectivity index (χ1n) is 4.71. The molecule has 0 saturated carbocycles. The third kappa shape index (κ3) is 3.63. The second-order valence-corrected chi connectivity index (χ2v) is 5.27. The number of hydrogen-bond acceptors (Lipinski definition) is 3. The van der Waals surface area contributed by atoms with Crippen LogP contribution in [0.4, 0.5) is 18.9 Å². The average molecular weight is 278 g/mol. The molecular weight excluding hydrogens is 269 g/mol. The topological polar surface area (TPSA) is 70.0 Å². The fourth-order valence-electron chi connectivity index (χ4n) is 1.20. The van der Waals surface area contributed by atoms with E-state index >= 15 is 0 Å². The molecular formula is C10H9F3N2O2S. The molecule has 98 valence electrons. The zero-order valence-electron chi connectivity index (χ0n) is 9.25. The number of nitrogens with one attached hydrogen (secondary N) is 1. The third-order valence-corrected chi connectivity index (χ3v) is 3.12. The van der Waals surface area contributed by atoms with Crippen LogP contribution in [0.25, 0.3) is 0 Å². The van der Waals surface area contributed by atoms with E-state index in [-0.39, 0.29) is 5.69 Å². The number of aryl methyl sites for hydroxylation is 1. The molecule has 0 aliphatic heterocycles. The zero-order valence-corrected chi connectivity index (χ0v) is 10.1. The molecule has 1 N–H and O–H groups in total. The molecule has 0 spiro atoms. The summed E-state index contributed by atoms with van der Waals surface area (Å²) in [4.78, 5) is 0. The first kappa shape index (κ1) is 14.3. The van der Waals surface area contributed by atoms with Crippen molar-refractivity contribution in [3.63, 3.8) is 0 Å². The summed E-state index contributed by atoms with van der Waals surface area (Å²) >= 11 is 0. The van der Waals surface area contributed by atoms with Crippen molar-refractivity contribution in [1.29, 1.82) is 5.26 Å². The standard InChI is InChI=1S/C10H9F3N2O2S/c1-7-2-3-8(10(11,12)13)6-9(7)15-18(16,17)5-4-14/h2-3,6,15H,5H2,1H3. The lowest BCUT2D eigenvalue weighted by molar-refractivity contribution is -0.137. The Kier molecular flexibility index (Phi) is 3.86. The van der Waals surface area contributed by atoms with E-state index in [1.807, 2.05) is 4.72 Å². The Morgan fingerprint density at radius 3 is 2.50 bits per heavy atom. The van der Waals surface area contributed by atoms with E-state index in [9.17, 15) is 21.6 Å². The molecule has 4 nitrogen and oxygen atoms in total. The lowest BCUT2D eigenvalue weighted by atomic mass is 10.1. The number of benzene rings is 1. The minimum Gasteiger partial charge on any atom is -0.282 e. The summed E-state index contributed by atoms with van der Waals surface area (Å²) in [5.41, 5.74) is -0.799. The van der Waals surface area contributed by atoms with E-state index in [1.165, 1.54) is 13.0 Å². The molecule has 1 aromatic carbocycles. The van der Waals surface area contributed by atoms with Crippen LogP contribution in [0.3, 0.4) is 0 Å². The monoisotopic (exact) mass is 278 g/mol. The fourth-order valence-corrected chi connectivity index (χ4v) is 1.99. The normalized spacial score (nSPS) is 11.9. The van der Waals surface area contributed by atoms with Gasteiger partial charge in [-0.15, -0.1) is 0 Å². The molecule has 0 fully saturated rings. The van der Waals surface area contributed by atoms with Crippen LogP contribution in [0.2, 0.25) is 0 Å². The highest BCUT2D eigenvalue weighted by Crippen LogP contribution is 2.32. The van der Waals surface area contributed by atoms with Gasteiger partial charge in [0.2, 0.25) is 10.0 Å². The van der Waals surface area contributed by atoms with Crippen LogP contribution in [0.1, 0.15) is 11.1 Å². The molecule has 1 rings (SSSR count). The van der Waals surface area contributed by atoms with Gasteiger partial charge in [0.05, 0.1) is 17.3 Å². The van der Waals surface area contributed by atoms with Gasteiger partial charge in [0.15, 0.2) is 5.75 Å². The number of nitrogens with zero attached hydrogens (tertiary/aromatic N) is 1. The van der Waals surface area contributed by atoms with Crippen molar-refractivity contribution in [3.05, 3.63) is 29.3 Å². The molecule has 0 aliphatic carbocycles. The van der Waals surface area contributed by atoms with Gasteiger partial charge in [-0.3, -0.25) is 4.72 Å². The van der Waals surface area contributed by atoms with Crippen LogP contribution in [-0.4, -0.2) is 14.2 Å². The van der Waals surface area contributed by atoms with Crippen molar-refractivity contribution in [1.82, 2.24) is 0 Å². The summed E-state index contributed by atoms with van der Waals surface area (Å²) in [7, 11) is -3.95. The van der Waals surface area contributed by atoms with Gasteiger partial charge in [-0.1, -0.05) is 6.07 Å². The SMILES string of the molecule is Cc1ccc(C(F)(F)F)cc1NS(=O)(=O)CC#N. The Bertz CT molecular complexity index is 588. The van der Waals surface area contributed by atoms with Gasteiger partial charge in [-0.25, -0.2) is 8.42 Å². The van der Waals surface area contributed by atoms with Gasteiger partial charge in [0.25, 0.3) is 0 Å². The molecule has 18 heavy (non-hydrogen) atoms. The lowest BCUT2D eigenvalue weighted by Gasteiger charge is -2.12. The fraction of sp³-hybridized carbons (Fsp3) is 0.300. The van der Waals surface area contributed by atoms with Crippen molar-refractivity contribution in [3.8, 4) is 6.07 Å². The summed E-state index contributed by atoms with van der Waals surface area (Å²) in [6.45, 7) is 1.46. The minimum absolute atomic E-state index is 0.180. The minimum atomic E-state index is -4.55. The van der Waals surface area contributed by atoms with Gasteiger partial charge in [-0.2, -0.15) is 18.4 Å². The number of sulfonamides is 1. The maximum atomic E-state index is 12.5. The van der Waals surface area contributed by atoms with Crippen molar-refractivity contribution < 1.29 is 21.6 Å². The highest BCUT2D eigenvalue weighted by atomic mass is 32.2. The maximum Gasteiger partial charge on any atom is 0.416 e. The second kappa shape index (κ2) is 4.86. The highest BCUT2D eigenvalue weighted by Gasteiger charge is 2.31. The molecule has 0 heterocycles. The molecule has 0 amide bonds. The van der Waals surface area contributed by atoms with Crippen molar-refractivity contribution >= 4 is 15.7 Å². The Morgan fingerprint density at radius 2 is 2.00 bits per heavy atom. The lowest BCUT2D eigenvalue weighted by Crippen LogP contribution is -2.17. The largest absolute Gasteiger partial charge is 0.416 e. The van der Waals surface area contributed by atoms with Crippen LogP contribution in [0.5, 0.6) is 0 Å². The Labute approximate surface area is 102 Å². The van der Waals surface area contributed by atoms with Crippen LogP contribution >= 0.6 is 0 Å². The van der Waals surface area contributed by atoms with E-state index in [0.29, 0.717) is 11.6 Å². The van der Waals surface area contributed by atoms with Gasteiger partial charge >= 0.3 is 6.18 Å². The quantitative estimate of drug-likeness (QED) is 0.922. The number of nitriles is 1. The second-order valence-electron chi connectivity index (χ2n) is 3.55. The van der Waals surface area contributed by atoms with Crippen molar-refractivity contribution in [2.45, 2.75) is 13.1 Å². The molecule has 1 aromatic rings. The predicted octanol–water partition coefficient (Wildman–Crippen LogP) is 2.28. The molecule has 0 unspecified atom stereocenters. The van der Waals surface area contributed by atoms with E-state index < -0.39 is 27.5 Å². The molecule has 0 saturated heterocycles. The Morgan fingerprint density at radius 1 is 1.39 bits per heavy atom. The Balaban J connectivity index is 3.15. The van der Waals surface area contributed by atoms with Crippen LogP contribution in [0.15, 0.2) is 18.2 Å². The van der Waals surface area contributed by atoms with Crippen LogP contribution in [-0.2, 0) is 16.2 Å². The summed E-state index contributed by atoms with van der Waals surface area (Å²) in [5, 5.41) is 8.28. The van der Waals surface area contributed by atoms with E-state index in [1.54, 1.807) is 0 Å². The van der Waals surface area contributed by atoms with Crippen LogP contribution in [0, 0.1) is 18.3 Å². The molecule has 0 atom stereocenters. The summed E-state index contributed by atoms with van der Waals surface area (Å²) in [5.74, 6) is -0.817. The van der Waals surface area contributed by atoms with Gasteiger partial charge < -0.3 is 0 Å². The summed E-state index contributed by atoms with van der Waals surface area (Å²) in [6.07, 6.45) is -4.55. The average Bonchev–Trinajstić information content (AvgIpc) is 2.19. The molecule has 8 heteroatoms. The summed E-state index contributed by atoms with van der Waals surface area (Å²) in [6, 6.07) is 4.14. The van der Waals surface area contributed by atoms with E-state index in [2.05, 4.69) is 0 Å². The molecule has 0 bridgehead atoms. The smallest absolute Gasteiger partial charge is 0.282 e. The van der Waals surface area contributed by atoms with Gasteiger partial charge in [-0.05, 0) is 24.6 Å². The predicted molar refractivity (Wildman–Crippen MR) is 59.2 cm³/mol. The van der Waals surface area contributed by atoms with Gasteiger partial charge in [0, 0.05) is 0 Å². The highest BCUT2D eigenvalue weighted by molar-refractivity contribution is 7.92. The number of alkyl halides is 3. The summed E-state index contributed by atoms with van der Waals surface area (Å²) < 4.78 is 61.9. The molecule has 0 aromatic heterocycles. The molecule has 0 radical (unpaired) electrons. The third-order valence-electron chi connectivity index (χ3n) is 2.08. The number of halogens is 3. The zero-order chi connectivity index (χ0) is 14.0. The maximum absolute atomic E-state index is 12.5. The Hall–Kier alpha value is -1.75.